The van der Waals surface area contributed by atoms with E-state index in [2.05, 4.69) is 22.5 Å². The van der Waals surface area contributed by atoms with Crippen LogP contribution in [0.3, 0.4) is 0 Å². The van der Waals surface area contributed by atoms with Gasteiger partial charge in [-0.1, -0.05) is 34.6 Å². The number of carbonyl (C=O) groups is 1. The van der Waals surface area contributed by atoms with E-state index in [0.717, 1.165) is 10.9 Å². The normalized spacial score (nSPS) is 9.62. The van der Waals surface area contributed by atoms with E-state index in [0.29, 0.717) is 6.42 Å². The van der Waals surface area contributed by atoms with Gasteiger partial charge in [-0.15, -0.1) is 0 Å². The van der Waals surface area contributed by atoms with Gasteiger partial charge in [0.25, 0.3) is 0 Å². The van der Waals surface area contributed by atoms with Crippen molar-refractivity contribution in [3.05, 3.63) is 47.0 Å². The van der Waals surface area contributed by atoms with E-state index in [4.69, 9.17) is 0 Å². The van der Waals surface area contributed by atoms with Gasteiger partial charge in [-0.25, -0.2) is 0 Å². The minimum absolute atomic E-state index is 0.0972. The molecule has 0 spiro atoms. The first-order chi connectivity index (χ1) is 6.22. The molecule has 0 bridgehead atoms. The molecule has 0 aliphatic heterocycles. The summed E-state index contributed by atoms with van der Waals surface area (Å²) in [4.78, 5) is 10.9. The van der Waals surface area contributed by atoms with Crippen LogP contribution in [-0.2, 0) is 11.2 Å². The van der Waals surface area contributed by atoms with Crippen LogP contribution in [0.4, 0.5) is 0 Å². The maximum Gasteiger partial charge on any atom is 0.155 e. The van der Waals surface area contributed by atoms with Crippen molar-refractivity contribution < 1.29 is 4.79 Å². The fourth-order valence-electron chi connectivity index (χ4n) is 1.06. The zero-order valence-corrected chi connectivity index (χ0v) is 8.88. The highest BCUT2D eigenvalue weighted by atomic mass is 79.9. The summed E-state index contributed by atoms with van der Waals surface area (Å²) in [5.74, 6) is 0.0972. The second-order valence-electron chi connectivity index (χ2n) is 2.80. The third-order valence-electron chi connectivity index (χ3n) is 1.78. The highest BCUT2D eigenvalue weighted by Gasteiger charge is 1.98. The van der Waals surface area contributed by atoms with Gasteiger partial charge in [-0.2, -0.15) is 0 Å². The first kappa shape index (κ1) is 10.2. The van der Waals surface area contributed by atoms with E-state index in [1.165, 1.54) is 11.6 Å². The predicted octanol–water partition coefficient (Wildman–Crippen LogP) is 3.14. The maximum absolute atomic E-state index is 10.9. The van der Waals surface area contributed by atoms with Crippen LogP contribution in [0.1, 0.15) is 12.0 Å². The van der Waals surface area contributed by atoms with E-state index in [1.807, 2.05) is 24.3 Å². The smallest absolute Gasteiger partial charge is 0.155 e. The third kappa shape index (κ3) is 3.55. The fourth-order valence-corrected chi connectivity index (χ4v) is 1.51. The summed E-state index contributed by atoms with van der Waals surface area (Å²) in [5, 5.41) is 0. The molecular weight excluding hydrogens is 228 g/mol. The highest BCUT2D eigenvalue weighted by Crippen LogP contribution is 2.12. The number of allylic oxidation sites excluding steroid dienone is 1. The predicted molar refractivity (Wildman–Crippen MR) is 57.7 cm³/mol. The zero-order valence-electron chi connectivity index (χ0n) is 7.29. The minimum Gasteiger partial charge on any atom is -0.295 e. The molecule has 0 saturated carbocycles. The molecule has 0 atom stereocenters. The molecule has 0 N–H and O–H groups in total. The number of hydrogen-bond acceptors (Lipinski definition) is 1. The van der Waals surface area contributed by atoms with Crippen LogP contribution in [-0.4, -0.2) is 5.78 Å². The van der Waals surface area contributed by atoms with Gasteiger partial charge >= 0.3 is 0 Å². The lowest BCUT2D eigenvalue weighted by atomic mass is 10.1. The van der Waals surface area contributed by atoms with Crippen LogP contribution in [0.25, 0.3) is 0 Å². The van der Waals surface area contributed by atoms with Crippen molar-refractivity contribution in [2.45, 2.75) is 12.8 Å². The number of benzene rings is 1. The Morgan fingerprint density at radius 1 is 1.54 bits per heavy atom. The molecule has 2 heteroatoms. The largest absolute Gasteiger partial charge is 0.295 e. The van der Waals surface area contributed by atoms with Gasteiger partial charge in [-0.05, 0) is 30.2 Å². The quantitative estimate of drug-likeness (QED) is 0.737. The Labute approximate surface area is 86.6 Å². The van der Waals surface area contributed by atoms with Gasteiger partial charge in [0.2, 0.25) is 0 Å². The van der Waals surface area contributed by atoms with E-state index < -0.39 is 0 Å². The Bertz CT molecular complexity index is 318. The Kier molecular flexibility index (Phi) is 3.90. The second-order valence-corrected chi connectivity index (χ2v) is 3.72. The Morgan fingerprint density at radius 3 is 2.92 bits per heavy atom. The molecule has 0 aromatic heterocycles. The summed E-state index contributed by atoms with van der Waals surface area (Å²) in [7, 11) is 0. The second kappa shape index (κ2) is 4.97. The lowest BCUT2D eigenvalue weighted by molar-refractivity contribution is -0.114. The van der Waals surface area contributed by atoms with E-state index >= 15 is 0 Å². The van der Waals surface area contributed by atoms with Crippen molar-refractivity contribution in [1.82, 2.24) is 0 Å². The van der Waals surface area contributed by atoms with Gasteiger partial charge in [0.05, 0.1) is 0 Å². The Morgan fingerprint density at radius 2 is 2.31 bits per heavy atom. The summed E-state index contributed by atoms with van der Waals surface area (Å²) in [6, 6.07) is 7.98. The average Bonchev–Trinajstić information content (AvgIpc) is 2.14. The molecule has 0 aliphatic carbocycles. The Balaban J connectivity index is 2.54. The Hall–Kier alpha value is -0.890. The van der Waals surface area contributed by atoms with Crippen molar-refractivity contribution in [3.63, 3.8) is 0 Å². The monoisotopic (exact) mass is 238 g/mol. The fraction of sp³-hybridized carbons (Fsp3) is 0.182. The summed E-state index contributed by atoms with van der Waals surface area (Å²) in [6.07, 6.45) is 2.70. The van der Waals surface area contributed by atoms with Crippen molar-refractivity contribution in [2.24, 2.45) is 0 Å². The molecule has 13 heavy (non-hydrogen) atoms. The molecule has 0 aliphatic rings. The van der Waals surface area contributed by atoms with Crippen LogP contribution < -0.4 is 0 Å². The number of rotatable bonds is 4. The van der Waals surface area contributed by atoms with Crippen LogP contribution in [0.2, 0.25) is 0 Å². The van der Waals surface area contributed by atoms with Gasteiger partial charge in [-0.3, -0.25) is 4.79 Å². The summed E-state index contributed by atoms with van der Waals surface area (Å²) in [6.45, 7) is 3.43. The first-order valence-corrected chi connectivity index (χ1v) is 4.91. The van der Waals surface area contributed by atoms with Crippen molar-refractivity contribution in [3.8, 4) is 0 Å². The number of halogens is 1. The lowest BCUT2D eigenvalue weighted by Gasteiger charge is -1.99. The number of hydrogen-bond donors (Lipinski definition) is 0. The number of aryl methyl sites for hydroxylation is 1. The van der Waals surface area contributed by atoms with Crippen LogP contribution in [0.15, 0.2) is 41.4 Å². The molecule has 0 heterocycles. The van der Waals surface area contributed by atoms with E-state index in [1.54, 1.807) is 0 Å². The van der Waals surface area contributed by atoms with Gasteiger partial charge in [0.15, 0.2) is 5.78 Å². The molecule has 0 unspecified atom stereocenters. The van der Waals surface area contributed by atoms with Crippen molar-refractivity contribution in [2.75, 3.05) is 0 Å². The molecule has 1 aromatic carbocycles. The zero-order chi connectivity index (χ0) is 9.68. The summed E-state index contributed by atoms with van der Waals surface area (Å²) >= 11 is 3.38. The molecule has 1 rings (SSSR count). The average molecular weight is 239 g/mol. The molecule has 0 radical (unpaired) electrons. The molecule has 0 fully saturated rings. The molecule has 0 saturated heterocycles. The van der Waals surface area contributed by atoms with Crippen LogP contribution in [0.5, 0.6) is 0 Å². The topological polar surface area (TPSA) is 17.1 Å². The molecular formula is C11H11BrO. The number of carbonyl (C=O) groups excluding carboxylic acids is 1. The SMILES string of the molecule is C=CC(=O)CCc1cccc(Br)c1. The summed E-state index contributed by atoms with van der Waals surface area (Å²) in [5.41, 5.74) is 1.17. The minimum atomic E-state index is 0.0972. The highest BCUT2D eigenvalue weighted by molar-refractivity contribution is 9.10. The van der Waals surface area contributed by atoms with Crippen LogP contribution in [0, 0.1) is 0 Å². The lowest BCUT2D eigenvalue weighted by Crippen LogP contribution is -1.95. The summed E-state index contributed by atoms with van der Waals surface area (Å²) < 4.78 is 1.05. The molecule has 1 nitrogen and oxygen atoms in total. The third-order valence-corrected chi connectivity index (χ3v) is 2.27. The molecule has 68 valence electrons. The van der Waals surface area contributed by atoms with Gasteiger partial charge in [0.1, 0.15) is 0 Å². The van der Waals surface area contributed by atoms with Crippen molar-refractivity contribution in [1.29, 1.82) is 0 Å². The van der Waals surface area contributed by atoms with E-state index in [9.17, 15) is 4.79 Å². The van der Waals surface area contributed by atoms with Gasteiger partial charge < -0.3 is 0 Å². The van der Waals surface area contributed by atoms with E-state index in [-0.39, 0.29) is 5.78 Å². The molecule has 1 aromatic rings. The maximum atomic E-state index is 10.9. The molecule has 0 amide bonds. The van der Waals surface area contributed by atoms with Crippen molar-refractivity contribution >= 4 is 21.7 Å². The van der Waals surface area contributed by atoms with Gasteiger partial charge in [0, 0.05) is 10.9 Å². The number of ketones is 1. The van der Waals surface area contributed by atoms with Crippen LogP contribution >= 0.6 is 15.9 Å². The standard InChI is InChI=1S/C11H11BrO/c1-2-11(13)7-6-9-4-3-5-10(12)8-9/h2-5,8H,1,6-7H2. The first-order valence-electron chi connectivity index (χ1n) is 4.12.